The minimum Gasteiger partial charge on any atom is -0.379 e. The molecule has 1 heterocycles. The molecule has 0 aromatic carbocycles. The first-order valence-corrected chi connectivity index (χ1v) is 6.90. The molecule has 0 atom stereocenters. The van der Waals surface area contributed by atoms with Crippen molar-refractivity contribution >= 4 is 33.2 Å². The number of hydrogen-bond acceptors (Lipinski definition) is 3. The Balaban J connectivity index is 2.16. The summed E-state index contributed by atoms with van der Waals surface area (Å²) in [6.07, 6.45) is 1.10. The summed E-state index contributed by atoms with van der Waals surface area (Å²) in [5.41, 5.74) is 0.710. The fraction of sp³-hybridized carbons (Fsp3) is 0.545. The normalized spacial score (nSPS) is 10.8. The maximum absolute atomic E-state index is 11.6. The average molecular weight is 306 g/mol. The Bertz CT molecular complexity index is 338. The number of halogens is 1. The summed E-state index contributed by atoms with van der Waals surface area (Å²) in [5, 5.41) is 4.69. The molecule has 1 N–H and O–H groups in total. The monoisotopic (exact) mass is 305 g/mol. The second-order valence-corrected chi connectivity index (χ2v) is 5.96. The number of thiophene rings is 1. The Kier molecular flexibility index (Phi) is 6.01. The third kappa shape index (κ3) is 5.09. The molecule has 1 aromatic rings. The summed E-state index contributed by atoms with van der Waals surface area (Å²) in [6.45, 7) is 5.34. The van der Waals surface area contributed by atoms with Crippen molar-refractivity contribution in [1.82, 2.24) is 5.32 Å². The van der Waals surface area contributed by atoms with Crippen LogP contribution in [0.4, 0.5) is 0 Å². The third-order valence-electron chi connectivity index (χ3n) is 1.89. The number of amides is 1. The predicted octanol–water partition coefficient (Wildman–Crippen LogP) is 3.06. The van der Waals surface area contributed by atoms with Crippen LogP contribution in [-0.4, -0.2) is 25.2 Å². The number of hydrogen-bond donors (Lipinski definition) is 1. The lowest BCUT2D eigenvalue weighted by molar-refractivity contribution is 0.0757. The molecular formula is C11H16BrNO2S. The van der Waals surface area contributed by atoms with E-state index < -0.39 is 0 Å². The zero-order chi connectivity index (χ0) is 12.0. The highest BCUT2D eigenvalue weighted by atomic mass is 79.9. The third-order valence-corrected chi connectivity index (χ3v) is 3.39. The van der Waals surface area contributed by atoms with Gasteiger partial charge in [-0.05, 0) is 42.3 Å². The molecule has 0 aliphatic carbocycles. The highest BCUT2D eigenvalue weighted by molar-refractivity contribution is 9.11. The molecule has 0 saturated heterocycles. The van der Waals surface area contributed by atoms with Crippen molar-refractivity contribution in [2.75, 3.05) is 13.2 Å². The van der Waals surface area contributed by atoms with E-state index in [1.807, 2.05) is 25.3 Å². The van der Waals surface area contributed by atoms with Crippen LogP contribution in [0.5, 0.6) is 0 Å². The first-order valence-electron chi connectivity index (χ1n) is 5.23. The average Bonchev–Trinajstić information content (AvgIpc) is 2.63. The van der Waals surface area contributed by atoms with Gasteiger partial charge in [0.05, 0.1) is 15.5 Å². The summed E-state index contributed by atoms with van der Waals surface area (Å²) < 4.78 is 6.35. The van der Waals surface area contributed by atoms with E-state index >= 15 is 0 Å². The first kappa shape index (κ1) is 13.7. The second-order valence-electron chi connectivity index (χ2n) is 3.67. The quantitative estimate of drug-likeness (QED) is 0.820. The van der Waals surface area contributed by atoms with E-state index in [-0.39, 0.29) is 12.0 Å². The summed E-state index contributed by atoms with van der Waals surface area (Å²) >= 11 is 4.84. The molecule has 1 aromatic heterocycles. The predicted molar refractivity (Wildman–Crippen MR) is 70.1 cm³/mol. The van der Waals surface area contributed by atoms with E-state index in [1.54, 1.807) is 0 Å². The van der Waals surface area contributed by atoms with Crippen LogP contribution in [0.1, 0.15) is 30.6 Å². The van der Waals surface area contributed by atoms with Crippen LogP contribution in [0, 0.1) is 0 Å². The van der Waals surface area contributed by atoms with Crippen molar-refractivity contribution < 1.29 is 9.53 Å². The molecule has 0 aliphatic heterocycles. The number of carbonyl (C=O) groups excluding carboxylic acids is 1. The van der Waals surface area contributed by atoms with Crippen molar-refractivity contribution in [2.24, 2.45) is 0 Å². The molecule has 5 heteroatoms. The number of ether oxygens (including phenoxy) is 1. The molecule has 1 amide bonds. The van der Waals surface area contributed by atoms with Gasteiger partial charge < -0.3 is 10.1 Å². The molecule has 0 unspecified atom stereocenters. The zero-order valence-corrected chi connectivity index (χ0v) is 11.9. The van der Waals surface area contributed by atoms with Crippen molar-refractivity contribution in [3.05, 3.63) is 20.8 Å². The Hall–Kier alpha value is -0.390. The molecule has 0 saturated carbocycles. The molecule has 0 bridgehead atoms. The van der Waals surface area contributed by atoms with Crippen LogP contribution < -0.4 is 5.32 Å². The maximum Gasteiger partial charge on any atom is 0.252 e. The van der Waals surface area contributed by atoms with Crippen molar-refractivity contribution in [3.8, 4) is 0 Å². The summed E-state index contributed by atoms with van der Waals surface area (Å²) in [6, 6.07) is 1.82. The number of carbonyl (C=O) groups is 1. The van der Waals surface area contributed by atoms with Gasteiger partial charge in [0.2, 0.25) is 0 Å². The van der Waals surface area contributed by atoms with E-state index in [9.17, 15) is 4.79 Å². The van der Waals surface area contributed by atoms with E-state index in [4.69, 9.17) is 4.74 Å². The number of nitrogens with one attached hydrogen (secondary N) is 1. The zero-order valence-electron chi connectivity index (χ0n) is 9.46. The first-order chi connectivity index (χ1) is 7.59. The van der Waals surface area contributed by atoms with Gasteiger partial charge in [0.15, 0.2) is 0 Å². The van der Waals surface area contributed by atoms with Gasteiger partial charge in [-0.2, -0.15) is 0 Å². The molecule has 0 fully saturated rings. The number of rotatable bonds is 6. The van der Waals surface area contributed by atoms with Gasteiger partial charge in [-0.1, -0.05) is 0 Å². The fourth-order valence-corrected chi connectivity index (χ4v) is 2.26. The van der Waals surface area contributed by atoms with Crippen molar-refractivity contribution in [3.63, 3.8) is 0 Å². The van der Waals surface area contributed by atoms with Gasteiger partial charge >= 0.3 is 0 Å². The minimum absolute atomic E-state index is 0.0218. The second kappa shape index (κ2) is 7.04. The highest BCUT2D eigenvalue weighted by Crippen LogP contribution is 2.20. The van der Waals surface area contributed by atoms with E-state index in [0.29, 0.717) is 18.7 Å². The van der Waals surface area contributed by atoms with Crippen LogP contribution in [-0.2, 0) is 4.74 Å². The van der Waals surface area contributed by atoms with Crippen LogP contribution in [0.25, 0.3) is 0 Å². The van der Waals surface area contributed by atoms with Crippen LogP contribution in [0.3, 0.4) is 0 Å². The molecular weight excluding hydrogens is 290 g/mol. The maximum atomic E-state index is 11.6. The Morgan fingerprint density at radius 3 is 2.94 bits per heavy atom. The SMILES string of the molecule is CC(C)OCCCNC(=O)c1csc(Br)c1. The van der Waals surface area contributed by atoms with Crippen LogP contribution in [0.2, 0.25) is 0 Å². The van der Waals surface area contributed by atoms with Gasteiger partial charge in [0.25, 0.3) is 5.91 Å². The fourth-order valence-electron chi connectivity index (χ4n) is 1.12. The van der Waals surface area contributed by atoms with E-state index in [0.717, 1.165) is 10.2 Å². The van der Waals surface area contributed by atoms with Gasteiger partial charge in [-0.15, -0.1) is 11.3 Å². The molecule has 0 radical (unpaired) electrons. The summed E-state index contributed by atoms with van der Waals surface area (Å²) in [7, 11) is 0. The van der Waals surface area contributed by atoms with Gasteiger partial charge in [0.1, 0.15) is 0 Å². The lowest BCUT2D eigenvalue weighted by atomic mass is 10.3. The lowest BCUT2D eigenvalue weighted by Gasteiger charge is -2.07. The summed E-state index contributed by atoms with van der Waals surface area (Å²) in [4.78, 5) is 11.6. The van der Waals surface area contributed by atoms with Gasteiger partial charge in [-0.25, -0.2) is 0 Å². The van der Waals surface area contributed by atoms with Crippen LogP contribution in [0.15, 0.2) is 15.2 Å². The van der Waals surface area contributed by atoms with Gasteiger partial charge in [-0.3, -0.25) is 4.79 Å². The Morgan fingerprint density at radius 2 is 2.38 bits per heavy atom. The van der Waals surface area contributed by atoms with Gasteiger partial charge in [0, 0.05) is 18.5 Å². The molecule has 1 rings (SSSR count). The smallest absolute Gasteiger partial charge is 0.252 e. The van der Waals surface area contributed by atoms with Crippen LogP contribution >= 0.6 is 27.3 Å². The summed E-state index contributed by atoms with van der Waals surface area (Å²) in [5.74, 6) is -0.0218. The van der Waals surface area contributed by atoms with Crippen molar-refractivity contribution in [2.45, 2.75) is 26.4 Å². The molecule has 16 heavy (non-hydrogen) atoms. The molecule has 0 spiro atoms. The van der Waals surface area contributed by atoms with Crippen molar-refractivity contribution in [1.29, 1.82) is 0 Å². The Labute approximate surface area is 108 Å². The minimum atomic E-state index is -0.0218. The Morgan fingerprint density at radius 1 is 1.62 bits per heavy atom. The topological polar surface area (TPSA) is 38.3 Å². The molecule has 90 valence electrons. The molecule has 0 aliphatic rings. The highest BCUT2D eigenvalue weighted by Gasteiger charge is 2.06. The van der Waals surface area contributed by atoms with E-state index in [2.05, 4.69) is 21.2 Å². The van der Waals surface area contributed by atoms with E-state index in [1.165, 1.54) is 11.3 Å². The molecule has 3 nitrogen and oxygen atoms in total. The lowest BCUT2D eigenvalue weighted by Crippen LogP contribution is -2.25. The largest absolute Gasteiger partial charge is 0.379 e. The standard InChI is InChI=1S/C11H16BrNO2S/c1-8(2)15-5-3-4-13-11(14)9-6-10(12)16-7-9/h6-8H,3-5H2,1-2H3,(H,13,14).